The van der Waals surface area contributed by atoms with Crippen molar-refractivity contribution in [2.24, 2.45) is 0 Å². The monoisotopic (exact) mass is 464 g/mol. The van der Waals surface area contributed by atoms with E-state index in [9.17, 15) is 18.0 Å². The Morgan fingerprint density at radius 1 is 0.941 bits per heavy atom. The molecule has 0 saturated carbocycles. The number of hydrogen-bond donors (Lipinski definition) is 0. The Morgan fingerprint density at radius 2 is 1.71 bits per heavy atom. The van der Waals surface area contributed by atoms with Gasteiger partial charge in [-0.05, 0) is 35.9 Å². The quantitative estimate of drug-likeness (QED) is 0.411. The number of carbonyl (C=O) groups excluding carboxylic acids is 1. The first kappa shape index (κ1) is 22.0. The van der Waals surface area contributed by atoms with Crippen LogP contribution >= 0.6 is 0 Å². The maximum Gasteiger partial charge on any atom is 0.148 e. The minimum absolute atomic E-state index is 0.103. The van der Waals surface area contributed by atoms with Crippen LogP contribution < -0.4 is 4.90 Å². The van der Waals surface area contributed by atoms with Crippen LogP contribution in [0.3, 0.4) is 0 Å². The molecule has 3 heterocycles. The SMILES string of the molecule is O=CC(c1ccc(F)c(-c2ncnc3cc(N4CCOCC4)ccc23)c1)c1c(F)cncc1F. The van der Waals surface area contributed by atoms with Crippen molar-refractivity contribution in [2.45, 2.75) is 5.92 Å². The van der Waals surface area contributed by atoms with E-state index in [4.69, 9.17) is 4.74 Å². The van der Waals surface area contributed by atoms with Gasteiger partial charge in [-0.3, -0.25) is 4.98 Å². The van der Waals surface area contributed by atoms with Crippen molar-refractivity contribution in [3.63, 3.8) is 0 Å². The molecule has 2 aromatic carbocycles. The molecular formula is C25H19F3N4O2. The summed E-state index contributed by atoms with van der Waals surface area (Å²) in [5.41, 5.74) is 1.80. The summed E-state index contributed by atoms with van der Waals surface area (Å²) in [6.45, 7) is 2.80. The molecule has 4 aromatic rings. The van der Waals surface area contributed by atoms with Crippen LogP contribution in [0, 0.1) is 17.5 Å². The second kappa shape index (κ2) is 9.18. The lowest BCUT2D eigenvalue weighted by atomic mass is 9.90. The van der Waals surface area contributed by atoms with Gasteiger partial charge in [-0.2, -0.15) is 0 Å². The number of morpholine rings is 1. The number of nitrogens with zero attached hydrogens (tertiary/aromatic N) is 4. The molecule has 0 bridgehead atoms. The molecule has 1 fully saturated rings. The number of pyridine rings is 1. The number of carbonyl (C=O) groups is 1. The Kier molecular flexibility index (Phi) is 5.93. The molecule has 1 saturated heterocycles. The van der Waals surface area contributed by atoms with Gasteiger partial charge in [0.15, 0.2) is 0 Å². The first-order valence-corrected chi connectivity index (χ1v) is 10.7. The summed E-state index contributed by atoms with van der Waals surface area (Å²) >= 11 is 0. The molecule has 9 heteroatoms. The molecule has 0 aliphatic carbocycles. The minimum atomic E-state index is -1.27. The Bertz CT molecular complexity index is 1360. The highest BCUT2D eigenvalue weighted by Gasteiger charge is 2.24. The van der Waals surface area contributed by atoms with Crippen molar-refractivity contribution in [3.8, 4) is 11.3 Å². The van der Waals surface area contributed by atoms with Gasteiger partial charge < -0.3 is 14.4 Å². The van der Waals surface area contributed by atoms with Crippen molar-refractivity contribution in [1.82, 2.24) is 15.0 Å². The number of fused-ring (bicyclic) bond motifs is 1. The Hall–Kier alpha value is -3.85. The number of anilines is 1. The van der Waals surface area contributed by atoms with Crippen molar-refractivity contribution < 1.29 is 22.7 Å². The summed E-state index contributed by atoms with van der Waals surface area (Å²) in [5, 5.41) is 0.611. The smallest absolute Gasteiger partial charge is 0.148 e. The largest absolute Gasteiger partial charge is 0.378 e. The predicted molar refractivity (Wildman–Crippen MR) is 120 cm³/mol. The van der Waals surface area contributed by atoms with Crippen LogP contribution in [0.5, 0.6) is 0 Å². The molecule has 1 atom stereocenters. The zero-order valence-corrected chi connectivity index (χ0v) is 17.9. The average Bonchev–Trinajstić information content (AvgIpc) is 2.87. The second-order valence-electron chi connectivity index (χ2n) is 7.89. The topological polar surface area (TPSA) is 68.2 Å². The summed E-state index contributed by atoms with van der Waals surface area (Å²) < 4.78 is 49.0. The molecule has 34 heavy (non-hydrogen) atoms. The fraction of sp³-hybridized carbons (Fsp3) is 0.200. The molecule has 1 unspecified atom stereocenters. The van der Waals surface area contributed by atoms with Gasteiger partial charge in [-0.25, -0.2) is 23.1 Å². The number of aromatic nitrogens is 3. The molecule has 172 valence electrons. The van der Waals surface area contributed by atoms with Crippen molar-refractivity contribution in [2.75, 3.05) is 31.2 Å². The van der Waals surface area contributed by atoms with E-state index in [1.807, 2.05) is 18.2 Å². The molecular weight excluding hydrogens is 445 g/mol. The molecule has 0 amide bonds. The molecule has 0 N–H and O–H groups in total. The summed E-state index contributed by atoms with van der Waals surface area (Å²) in [5.74, 6) is -3.76. The Labute approximate surface area is 193 Å². The van der Waals surface area contributed by atoms with Gasteiger partial charge in [0.1, 0.15) is 30.1 Å². The zero-order valence-electron chi connectivity index (χ0n) is 17.9. The third-order valence-electron chi connectivity index (χ3n) is 5.94. The van der Waals surface area contributed by atoms with Crippen molar-refractivity contribution in [1.29, 1.82) is 0 Å². The van der Waals surface area contributed by atoms with Gasteiger partial charge in [0.05, 0.1) is 42.7 Å². The van der Waals surface area contributed by atoms with Crippen LogP contribution in [0.2, 0.25) is 0 Å². The zero-order chi connectivity index (χ0) is 23.7. The normalized spacial score (nSPS) is 14.9. The fourth-order valence-electron chi connectivity index (χ4n) is 4.23. The maximum atomic E-state index is 15.0. The molecule has 1 aliphatic rings. The lowest BCUT2D eigenvalue weighted by Gasteiger charge is -2.29. The van der Waals surface area contributed by atoms with E-state index < -0.39 is 28.9 Å². The third kappa shape index (κ3) is 3.99. The second-order valence-corrected chi connectivity index (χ2v) is 7.89. The highest BCUT2D eigenvalue weighted by molar-refractivity contribution is 5.94. The lowest BCUT2D eigenvalue weighted by Crippen LogP contribution is -2.36. The van der Waals surface area contributed by atoms with E-state index in [2.05, 4.69) is 19.9 Å². The molecule has 6 nitrogen and oxygen atoms in total. The van der Waals surface area contributed by atoms with Crippen LogP contribution in [0.4, 0.5) is 18.9 Å². The highest BCUT2D eigenvalue weighted by atomic mass is 19.1. The van der Waals surface area contributed by atoms with Crippen LogP contribution in [0.25, 0.3) is 22.2 Å². The molecule has 0 radical (unpaired) electrons. The summed E-state index contributed by atoms with van der Waals surface area (Å²) in [4.78, 5) is 26.1. The highest BCUT2D eigenvalue weighted by Crippen LogP contribution is 2.34. The molecule has 2 aromatic heterocycles. The van der Waals surface area contributed by atoms with E-state index in [1.165, 1.54) is 18.5 Å². The predicted octanol–water partition coefficient (Wildman–Crippen LogP) is 4.28. The van der Waals surface area contributed by atoms with E-state index in [-0.39, 0.29) is 11.1 Å². The maximum absolute atomic E-state index is 15.0. The number of benzene rings is 2. The van der Waals surface area contributed by atoms with Crippen LogP contribution in [0.1, 0.15) is 17.0 Å². The van der Waals surface area contributed by atoms with Gasteiger partial charge >= 0.3 is 0 Å². The first-order valence-electron chi connectivity index (χ1n) is 10.7. The fourth-order valence-corrected chi connectivity index (χ4v) is 4.23. The van der Waals surface area contributed by atoms with E-state index in [1.54, 1.807) is 0 Å². The Balaban J connectivity index is 1.59. The number of ether oxygens (including phenoxy) is 1. The number of rotatable bonds is 5. The molecule has 1 aliphatic heterocycles. The van der Waals surface area contributed by atoms with Gasteiger partial charge in [-0.1, -0.05) is 6.07 Å². The van der Waals surface area contributed by atoms with Gasteiger partial charge in [0.2, 0.25) is 0 Å². The van der Waals surface area contributed by atoms with E-state index >= 15 is 0 Å². The lowest BCUT2D eigenvalue weighted by molar-refractivity contribution is -0.108. The summed E-state index contributed by atoms with van der Waals surface area (Å²) in [6.07, 6.45) is 3.43. The third-order valence-corrected chi connectivity index (χ3v) is 5.94. The van der Waals surface area contributed by atoms with Crippen molar-refractivity contribution >= 4 is 22.9 Å². The standard InChI is InChI=1S/C25H19F3N4O2/c26-20-4-1-15(19(13-33)24-21(27)11-29-12-22(24)28)9-18(20)25-17-3-2-16(10-23(17)30-14-31-25)32-5-7-34-8-6-32/h1-4,9-14,19H,5-8H2. The average molecular weight is 464 g/mol. The number of hydrogen-bond acceptors (Lipinski definition) is 6. The van der Waals surface area contributed by atoms with Gasteiger partial charge in [0.25, 0.3) is 0 Å². The summed E-state index contributed by atoms with van der Waals surface area (Å²) in [7, 11) is 0. The van der Waals surface area contributed by atoms with E-state index in [0.29, 0.717) is 36.1 Å². The van der Waals surface area contributed by atoms with E-state index in [0.717, 1.165) is 37.2 Å². The van der Waals surface area contributed by atoms with Crippen molar-refractivity contribution in [3.05, 3.63) is 83.7 Å². The van der Waals surface area contributed by atoms with Crippen LogP contribution in [0.15, 0.2) is 55.1 Å². The Morgan fingerprint density at radius 3 is 2.44 bits per heavy atom. The van der Waals surface area contributed by atoms with Gasteiger partial charge in [0, 0.05) is 35.3 Å². The van der Waals surface area contributed by atoms with Crippen LogP contribution in [-0.4, -0.2) is 47.5 Å². The number of halogens is 3. The number of aldehydes is 1. The first-order chi connectivity index (χ1) is 16.6. The molecule has 5 rings (SSSR count). The van der Waals surface area contributed by atoms with Gasteiger partial charge in [-0.15, -0.1) is 0 Å². The minimum Gasteiger partial charge on any atom is -0.378 e. The molecule has 0 spiro atoms. The van der Waals surface area contributed by atoms with Crippen LogP contribution in [-0.2, 0) is 9.53 Å². The summed E-state index contributed by atoms with van der Waals surface area (Å²) in [6, 6.07) is 9.53.